The number of nitrogens with one attached hydrogen (secondary N) is 1. The molecule has 0 aliphatic carbocycles. The fraction of sp³-hybridized carbons (Fsp3) is 1.00. The second-order valence-corrected chi connectivity index (χ2v) is 7.20. The molecule has 0 spiro atoms. The number of sulfone groups is 1. The van der Waals surface area contributed by atoms with Crippen LogP contribution < -0.4 is 5.32 Å². The van der Waals surface area contributed by atoms with Gasteiger partial charge < -0.3 is 10.4 Å². The van der Waals surface area contributed by atoms with Crippen molar-refractivity contribution in [3.8, 4) is 0 Å². The van der Waals surface area contributed by atoms with Crippen LogP contribution in [-0.2, 0) is 9.84 Å². The summed E-state index contributed by atoms with van der Waals surface area (Å²) in [7, 11) is -2.82. The van der Waals surface area contributed by atoms with Crippen LogP contribution in [0.25, 0.3) is 0 Å². The first-order chi connectivity index (χ1) is 6.79. The van der Waals surface area contributed by atoms with Crippen LogP contribution in [0.5, 0.6) is 0 Å². The van der Waals surface area contributed by atoms with E-state index in [1.54, 1.807) is 13.8 Å². The van der Waals surface area contributed by atoms with E-state index in [4.69, 9.17) is 0 Å². The second kappa shape index (κ2) is 4.80. The molecule has 1 aliphatic heterocycles. The van der Waals surface area contributed by atoms with E-state index in [1.807, 2.05) is 0 Å². The van der Waals surface area contributed by atoms with Gasteiger partial charge >= 0.3 is 0 Å². The molecule has 90 valence electrons. The lowest BCUT2D eigenvalue weighted by molar-refractivity contribution is 0.0704. The van der Waals surface area contributed by atoms with Crippen LogP contribution in [0.15, 0.2) is 0 Å². The maximum Gasteiger partial charge on any atom is 0.151 e. The first-order valence-electron chi connectivity index (χ1n) is 5.45. The van der Waals surface area contributed by atoms with Crippen molar-refractivity contribution in [1.29, 1.82) is 0 Å². The van der Waals surface area contributed by atoms with Crippen LogP contribution >= 0.6 is 0 Å². The summed E-state index contributed by atoms with van der Waals surface area (Å²) >= 11 is 0. The zero-order valence-electron chi connectivity index (χ0n) is 9.49. The van der Waals surface area contributed by atoms with Crippen LogP contribution in [0.1, 0.15) is 33.1 Å². The Morgan fingerprint density at radius 2 is 2.13 bits per heavy atom. The van der Waals surface area contributed by atoms with Crippen LogP contribution in [0.4, 0.5) is 0 Å². The Morgan fingerprint density at radius 1 is 1.47 bits per heavy atom. The van der Waals surface area contributed by atoms with Crippen LogP contribution in [0, 0.1) is 0 Å². The Hall–Kier alpha value is -0.130. The molecular formula is C10H21NO3S. The highest BCUT2D eigenvalue weighted by Gasteiger charge is 2.24. The molecule has 0 aromatic rings. The second-order valence-electron chi connectivity index (χ2n) is 4.97. The Bertz CT molecular complexity index is 292. The molecule has 15 heavy (non-hydrogen) atoms. The van der Waals surface area contributed by atoms with E-state index in [9.17, 15) is 13.5 Å². The summed E-state index contributed by atoms with van der Waals surface area (Å²) in [4.78, 5) is 0. The lowest BCUT2D eigenvalue weighted by Gasteiger charge is -2.25. The molecule has 0 saturated carbocycles. The van der Waals surface area contributed by atoms with Gasteiger partial charge in [0.15, 0.2) is 9.84 Å². The molecule has 0 bridgehead atoms. The van der Waals surface area contributed by atoms with Crippen LogP contribution in [0.2, 0.25) is 0 Å². The van der Waals surface area contributed by atoms with Gasteiger partial charge in [0.05, 0.1) is 17.1 Å². The van der Waals surface area contributed by atoms with Crippen molar-refractivity contribution >= 4 is 9.84 Å². The standard InChI is InChI=1S/C10H21NO3S/c1-10(2,12)5-6-11-9-4-3-7-15(13,14)8-9/h9,11-12H,3-8H2,1-2H3. The first kappa shape index (κ1) is 12.9. The van der Waals surface area contributed by atoms with E-state index < -0.39 is 15.4 Å². The van der Waals surface area contributed by atoms with Crippen molar-refractivity contribution in [3.63, 3.8) is 0 Å². The minimum Gasteiger partial charge on any atom is -0.390 e. The SMILES string of the molecule is CC(C)(O)CCNC1CCCS(=O)(=O)C1. The Morgan fingerprint density at radius 3 is 2.67 bits per heavy atom. The minimum absolute atomic E-state index is 0.0751. The lowest BCUT2D eigenvalue weighted by atomic mass is 10.1. The molecule has 1 rings (SSSR count). The average Bonchev–Trinajstić information content (AvgIpc) is 1.99. The summed E-state index contributed by atoms with van der Waals surface area (Å²) in [6, 6.07) is 0.0751. The van der Waals surface area contributed by atoms with Crippen molar-refractivity contribution in [2.45, 2.75) is 44.8 Å². The molecule has 4 nitrogen and oxygen atoms in total. The maximum atomic E-state index is 11.3. The predicted molar refractivity (Wildman–Crippen MR) is 60.6 cm³/mol. The van der Waals surface area contributed by atoms with Gasteiger partial charge in [0.25, 0.3) is 0 Å². The van der Waals surface area contributed by atoms with E-state index >= 15 is 0 Å². The maximum absolute atomic E-state index is 11.3. The van der Waals surface area contributed by atoms with Gasteiger partial charge in [-0.15, -0.1) is 0 Å². The molecular weight excluding hydrogens is 214 g/mol. The topological polar surface area (TPSA) is 66.4 Å². The van der Waals surface area contributed by atoms with E-state index in [1.165, 1.54) is 0 Å². The summed E-state index contributed by atoms with van der Waals surface area (Å²) < 4.78 is 22.7. The monoisotopic (exact) mass is 235 g/mol. The summed E-state index contributed by atoms with van der Waals surface area (Å²) in [6.07, 6.45) is 2.32. The number of hydrogen-bond donors (Lipinski definition) is 2. The van der Waals surface area contributed by atoms with E-state index in [-0.39, 0.29) is 11.8 Å². The summed E-state index contributed by atoms with van der Waals surface area (Å²) in [5.41, 5.74) is -0.680. The van der Waals surface area contributed by atoms with E-state index in [0.717, 1.165) is 12.8 Å². The van der Waals surface area contributed by atoms with Gasteiger partial charge in [-0.2, -0.15) is 0 Å². The number of hydrogen-bond acceptors (Lipinski definition) is 4. The first-order valence-corrected chi connectivity index (χ1v) is 7.27. The summed E-state index contributed by atoms with van der Waals surface area (Å²) in [5.74, 6) is 0.579. The highest BCUT2D eigenvalue weighted by Crippen LogP contribution is 2.12. The third-order valence-corrected chi connectivity index (χ3v) is 4.45. The molecule has 1 atom stereocenters. The van der Waals surface area contributed by atoms with Crippen molar-refractivity contribution in [2.24, 2.45) is 0 Å². The molecule has 1 aliphatic rings. The molecule has 1 saturated heterocycles. The molecule has 0 amide bonds. The molecule has 0 aromatic carbocycles. The third kappa shape index (κ3) is 5.49. The zero-order valence-corrected chi connectivity index (χ0v) is 10.3. The molecule has 1 heterocycles. The van der Waals surface area contributed by atoms with Gasteiger partial charge in [-0.05, 0) is 39.7 Å². The van der Waals surface area contributed by atoms with Gasteiger partial charge in [-0.3, -0.25) is 0 Å². The van der Waals surface area contributed by atoms with Gasteiger partial charge in [0.1, 0.15) is 0 Å². The Labute approximate surface area is 92.0 Å². The highest BCUT2D eigenvalue weighted by molar-refractivity contribution is 7.91. The molecule has 0 aromatic heterocycles. The average molecular weight is 235 g/mol. The largest absolute Gasteiger partial charge is 0.390 e. The van der Waals surface area contributed by atoms with Crippen LogP contribution in [0.3, 0.4) is 0 Å². The smallest absolute Gasteiger partial charge is 0.151 e. The van der Waals surface area contributed by atoms with Crippen molar-refractivity contribution < 1.29 is 13.5 Å². The van der Waals surface area contributed by atoms with Gasteiger partial charge in [-0.25, -0.2) is 8.42 Å². The number of aliphatic hydroxyl groups is 1. The fourth-order valence-electron chi connectivity index (χ4n) is 1.77. The molecule has 0 radical (unpaired) electrons. The Kier molecular flexibility index (Phi) is 4.14. The molecule has 1 fully saturated rings. The van der Waals surface area contributed by atoms with Crippen molar-refractivity contribution in [2.75, 3.05) is 18.1 Å². The lowest BCUT2D eigenvalue weighted by Crippen LogP contribution is -2.41. The summed E-state index contributed by atoms with van der Waals surface area (Å²) in [6.45, 7) is 4.18. The van der Waals surface area contributed by atoms with Crippen LogP contribution in [-0.4, -0.2) is 43.2 Å². The van der Waals surface area contributed by atoms with E-state index in [2.05, 4.69) is 5.32 Å². The van der Waals surface area contributed by atoms with Gasteiger partial charge in [0, 0.05) is 6.04 Å². The third-order valence-electron chi connectivity index (χ3n) is 2.63. The molecule has 1 unspecified atom stereocenters. The Balaban J connectivity index is 2.28. The normalized spacial score (nSPS) is 26.5. The number of rotatable bonds is 4. The van der Waals surface area contributed by atoms with Gasteiger partial charge in [0.2, 0.25) is 0 Å². The van der Waals surface area contributed by atoms with Crippen molar-refractivity contribution in [1.82, 2.24) is 5.32 Å². The minimum atomic E-state index is -2.82. The zero-order chi connectivity index (χ0) is 11.5. The fourth-order valence-corrected chi connectivity index (χ4v) is 3.44. The highest BCUT2D eigenvalue weighted by atomic mass is 32.2. The quantitative estimate of drug-likeness (QED) is 0.736. The van der Waals surface area contributed by atoms with Crippen molar-refractivity contribution in [3.05, 3.63) is 0 Å². The predicted octanol–water partition coefficient (Wildman–Crippen LogP) is 0.314. The summed E-state index contributed by atoms with van der Waals surface area (Å²) in [5, 5.41) is 12.7. The van der Waals surface area contributed by atoms with Gasteiger partial charge in [-0.1, -0.05) is 0 Å². The molecule has 2 N–H and O–H groups in total. The van der Waals surface area contributed by atoms with E-state index in [0.29, 0.717) is 18.7 Å². The molecule has 5 heteroatoms.